The van der Waals surface area contributed by atoms with Crippen molar-refractivity contribution in [2.45, 2.75) is 25.4 Å². The van der Waals surface area contributed by atoms with Gasteiger partial charge in [-0.05, 0) is 32.2 Å². The van der Waals surface area contributed by atoms with Crippen LogP contribution in [0.5, 0.6) is 5.75 Å². The number of methoxy groups -OCH3 is 1. The Hall–Kier alpha value is -3.97. The quantitative estimate of drug-likeness (QED) is 0.282. The molecule has 1 N–H and O–H groups in total. The van der Waals surface area contributed by atoms with Crippen molar-refractivity contribution in [3.63, 3.8) is 0 Å². The van der Waals surface area contributed by atoms with Gasteiger partial charge in [0, 0.05) is 81.0 Å². The lowest BCUT2D eigenvalue weighted by molar-refractivity contribution is -0.136. The molecule has 1 aromatic heterocycles. The first kappa shape index (κ1) is 35.5. The van der Waals surface area contributed by atoms with Crippen LogP contribution in [0.25, 0.3) is 0 Å². The van der Waals surface area contributed by atoms with Crippen molar-refractivity contribution in [2.24, 2.45) is 0 Å². The predicted molar refractivity (Wildman–Crippen MR) is 163 cm³/mol. The van der Waals surface area contributed by atoms with Crippen molar-refractivity contribution in [1.29, 1.82) is 0 Å². The van der Waals surface area contributed by atoms with Crippen LogP contribution in [0.3, 0.4) is 0 Å². The van der Waals surface area contributed by atoms with Crippen molar-refractivity contribution in [3.8, 4) is 5.75 Å². The number of likely N-dealkylation sites (N-methyl/N-ethyl adjacent to an activating group) is 1. The summed E-state index contributed by atoms with van der Waals surface area (Å²) in [4.78, 5) is 30.2. The van der Waals surface area contributed by atoms with Crippen molar-refractivity contribution in [2.75, 3.05) is 63.7 Å². The van der Waals surface area contributed by atoms with Crippen LogP contribution in [-0.4, -0.2) is 76.1 Å². The lowest BCUT2D eigenvalue weighted by atomic mass is 9.97. The molecule has 14 heteroatoms. The molecule has 0 aliphatic carbocycles. The molecule has 2 aliphatic heterocycles. The molecule has 2 aromatic carbocycles. The fourth-order valence-electron chi connectivity index (χ4n) is 4.94. The second kappa shape index (κ2) is 15.8. The summed E-state index contributed by atoms with van der Waals surface area (Å²) in [6.45, 7) is 3.69. The van der Waals surface area contributed by atoms with Gasteiger partial charge in [0.2, 0.25) is 12.3 Å². The molecule has 0 bridgehead atoms. The summed E-state index contributed by atoms with van der Waals surface area (Å²) >= 11 is 5.61. The first-order chi connectivity index (χ1) is 21.3. The number of benzene rings is 2. The smallest absolute Gasteiger partial charge is 0.421 e. The highest BCUT2D eigenvalue weighted by molar-refractivity contribution is 6.30. The second-order valence-corrected chi connectivity index (χ2v) is 10.9. The van der Waals surface area contributed by atoms with Crippen LogP contribution in [0.2, 0.25) is 5.02 Å². The zero-order valence-corrected chi connectivity index (χ0v) is 26.1. The highest BCUT2D eigenvalue weighted by Crippen LogP contribution is 2.44. The topological polar surface area (TPSA) is 78.0 Å². The number of nitrogens with zero attached hydrogens (tertiary/aromatic N) is 4. The van der Waals surface area contributed by atoms with E-state index in [4.69, 9.17) is 21.1 Å². The summed E-state index contributed by atoms with van der Waals surface area (Å²) in [7, 11) is 4.71. The van der Waals surface area contributed by atoms with Crippen LogP contribution in [0.15, 0.2) is 48.7 Å². The number of rotatable bonds is 5. The third kappa shape index (κ3) is 9.27. The number of ether oxygens (including phenoxy) is 1. The van der Waals surface area contributed by atoms with E-state index in [-0.39, 0.29) is 30.0 Å². The van der Waals surface area contributed by atoms with E-state index in [1.165, 1.54) is 24.9 Å². The van der Waals surface area contributed by atoms with Crippen LogP contribution in [0, 0.1) is 18.6 Å². The average molecular weight is 656 g/mol. The van der Waals surface area contributed by atoms with Gasteiger partial charge < -0.3 is 19.9 Å². The van der Waals surface area contributed by atoms with Crippen LogP contribution in [-0.2, 0) is 15.8 Å². The Kier molecular flexibility index (Phi) is 12.5. The van der Waals surface area contributed by atoms with Gasteiger partial charge in [-0.15, -0.1) is 0 Å². The van der Waals surface area contributed by atoms with Gasteiger partial charge in [-0.2, -0.15) is 13.2 Å². The number of aryl methyl sites for hydroxylation is 1. The van der Waals surface area contributed by atoms with Gasteiger partial charge in [0.15, 0.2) is 0 Å². The molecule has 0 radical (unpaired) electrons. The van der Waals surface area contributed by atoms with Gasteiger partial charge in [-0.3, -0.25) is 14.5 Å². The molecule has 3 aromatic rings. The molecule has 2 amide bonds. The van der Waals surface area contributed by atoms with Crippen molar-refractivity contribution in [1.82, 2.24) is 15.2 Å². The molecule has 3 heterocycles. The Morgan fingerprint density at radius 1 is 1.04 bits per heavy atom. The fourth-order valence-corrected chi connectivity index (χ4v) is 5.06. The lowest BCUT2D eigenvalue weighted by Gasteiger charge is -2.36. The normalized spacial score (nSPS) is 16.8. The van der Waals surface area contributed by atoms with Gasteiger partial charge in [0.25, 0.3) is 0 Å². The van der Waals surface area contributed by atoms with Crippen molar-refractivity contribution < 1.29 is 36.3 Å². The maximum absolute atomic E-state index is 14.6. The minimum Gasteiger partial charge on any atom is -0.497 e. The van der Waals surface area contributed by atoms with Crippen LogP contribution in [0.4, 0.5) is 33.5 Å². The monoisotopic (exact) mass is 655 g/mol. The lowest BCUT2D eigenvalue weighted by Crippen LogP contribution is -2.45. The molecule has 2 saturated heterocycles. The number of carbonyl (C=O) groups excluding carboxylic acids is 2. The van der Waals surface area contributed by atoms with Crippen molar-refractivity contribution in [3.05, 3.63) is 82.0 Å². The van der Waals surface area contributed by atoms with Gasteiger partial charge in [-0.1, -0.05) is 29.3 Å². The highest BCUT2D eigenvalue weighted by atomic mass is 35.5. The van der Waals surface area contributed by atoms with Crippen LogP contribution < -0.4 is 19.9 Å². The Balaban J connectivity index is 0.000000387. The number of anilines is 2. The molecule has 0 saturated carbocycles. The summed E-state index contributed by atoms with van der Waals surface area (Å²) < 4.78 is 76.6. The van der Waals surface area contributed by atoms with E-state index in [1.807, 2.05) is 43.1 Å². The minimum atomic E-state index is -4.78. The van der Waals surface area contributed by atoms with Crippen LogP contribution in [0.1, 0.15) is 29.0 Å². The van der Waals surface area contributed by atoms with Gasteiger partial charge >= 0.3 is 6.18 Å². The Bertz CT molecular complexity index is 1410. The van der Waals surface area contributed by atoms with E-state index in [0.717, 1.165) is 22.1 Å². The molecular formula is C31H35ClF5N5O3. The molecular weight excluding hydrogens is 621 g/mol. The number of nitrogens with one attached hydrogen (secondary N) is 1. The van der Waals surface area contributed by atoms with E-state index >= 15 is 0 Å². The van der Waals surface area contributed by atoms with Gasteiger partial charge in [0.1, 0.15) is 28.8 Å². The molecule has 1 unspecified atom stereocenters. The highest BCUT2D eigenvalue weighted by Gasteiger charge is 2.44. The summed E-state index contributed by atoms with van der Waals surface area (Å²) in [6, 6.07) is 11.0. The standard InChI is InChI=1S/C22H23F5N4O2.C7H7Cl.C2H5NO/c1-29-5-7-30(8-6-29)17-3-4-28-21(20(17)22(25,26)27)31-12-13(9-18(31)32)19-15(23)10-14(33-2)11-16(19)24;1-6-2-4-7(8)5-3-6;1-3-2-4/h3-4,10-11,13H,5-9,12H2,1-2H3;2-5H,1H3;2H,1H3,(H,3,4). The number of halogens is 6. The first-order valence-electron chi connectivity index (χ1n) is 14.0. The zero-order chi connectivity index (χ0) is 33.3. The zero-order valence-electron chi connectivity index (χ0n) is 25.3. The van der Waals surface area contributed by atoms with Crippen molar-refractivity contribution >= 4 is 35.4 Å². The molecule has 2 fully saturated rings. The second-order valence-electron chi connectivity index (χ2n) is 10.4. The molecule has 1 atom stereocenters. The molecule has 5 rings (SSSR count). The maximum atomic E-state index is 14.6. The fraction of sp³-hybridized carbons (Fsp3) is 0.387. The molecule has 0 spiro atoms. The molecule has 244 valence electrons. The van der Waals surface area contributed by atoms with Gasteiger partial charge in [0.05, 0.1) is 12.8 Å². The van der Waals surface area contributed by atoms with E-state index in [0.29, 0.717) is 32.6 Å². The Labute approximate surface area is 263 Å². The van der Waals surface area contributed by atoms with E-state index < -0.39 is 41.0 Å². The number of hydrogen-bond donors (Lipinski definition) is 1. The summed E-state index contributed by atoms with van der Waals surface area (Å²) in [5.41, 5.74) is -0.178. The summed E-state index contributed by atoms with van der Waals surface area (Å²) in [5, 5.41) is 3.05. The number of amides is 2. The van der Waals surface area contributed by atoms with E-state index in [9.17, 15) is 26.7 Å². The maximum Gasteiger partial charge on any atom is 0.421 e. The van der Waals surface area contributed by atoms with E-state index in [2.05, 4.69) is 10.3 Å². The third-order valence-electron chi connectivity index (χ3n) is 7.24. The molecule has 45 heavy (non-hydrogen) atoms. The number of piperazine rings is 1. The third-order valence-corrected chi connectivity index (χ3v) is 7.49. The predicted octanol–water partition coefficient (Wildman–Crippen LogP) is 5.67. The summed E-state index contributed by atoms with van der Waals surface area (Å²) in [5.74, 6) is -4.04. The van der Waals surface area contributed by atoms with Gasteiger partial charge in [-0.25, -0.2) is 13.8 Å². The number of aromatic nitrogens is 1. The number of hydrogen-bond acceptors (Lipinski definition) is 6. The molecule has 8 nitrogen and oxygen atoms in total. The largest absolute Gasteiger partial charge is 0.497 e. The van der Waals surface area contributed by atoms with E-state index in [1.54, 1.807) is 11.9 Å². The SMILES string of the molecule is CNC=O.COc1cc(F)c(C2CC(=O)N(c3nccc(N4CCN(C)CC4)c3C(F)(F)F)C2)c(F)c1.Cc1ccc(Cl)cc1. The summed E-state index contributed by atoms with van der Waals surface area (Å²) in [6.07, 6.45) is -3.26. The Morgan fingerprint density at radius 3 is 2.11 bits per heavy atom. The minimum absolute atomic E-state index is 0.0316. The number of carbonyl (C=O) groups is 2. The van der Waals surface area contributed by atoms with Crippen LogP contribution >= 0.6 is 11.6 Å². The number of pyridine rings is 1. The first-order valence-corrected chi connectivity index (χ1v) is 14.3. The average Bonchev–Trinajstić information content (AvgIpc) is 3.38. The molecule has 2 aliphatic rings. The number of alkyl halides is 3. The Morgan fingerprint density at radius 2 is 1.62 bits per heavy atom.